The van der Waals surface area contributed by atoms with Crippen LogP contribution in [0.25, 0.3) is 0 Å². The first kappa shape index (κ1) is 12.9. The number of amides is 1. The highest BCUT2D eigenvalue weighted by atomic mass is 79.9. The van der Waals surface area contributed by atoms with Crippen molar-refractivity contribution in [3.8, 4) is 0 Å². The van der Waals surface area contributed by atoms with E-state index in [9.17, 15) is 9.59 Å². The first-order chi connectivity index (χ1) is 7.52. The smallest absolute Gasteiger partial charge is 0.251 e. The van der Waals surface area contributed by atoms with Crippen molar-refractivity contribution in [2.75, 3.05) is 6.61 Å². The molecule has 0 saturated heterocycles. The van der Waals surface area contributed by atoms with E-state index in [1.807, 2.05) is 0 Å². The average Bonchev–Trinajstić information content (AvgIpc) is 2.23. The molecule has 1 rings (SSSR count). The van der Waals surface area contributed by atoms with E-state index >= 15 is 0 Å². The standard InChI is InChI=1S/C10H13BrN2O3/c1-7(6-14)12-9(15)5-13-4-8(11)2-3-10(13)16/h2-4,7,14H,5-6H2,1H3,(H,12,15)/t7-/m0/s1. The zero-order valence-electron chi connectivity index (χ0n) is 8.81. The molecule has 2 N–H and O–H groups in total. The Morgan fingerprint density at radius 1 is 1.62 bits per heavy atom. The Morgan fingerprint density at radius 3 is 2.94 bits per heavy atom. The lowest BCUT2D eigenvalue weighted by molar-refractivity contribution is -0.122. The highest BCUT2D eigenvalue weighted by Crippen LogP contribution is 2.04. The topological polar surface area (TPSA) is 71.3 Å². The van der Waals surface area contributed by atoms with Gasteiger partial charge in [-0.15, -0.1) is 0 Å². The maximum atomic E-state index is 11.4. The van der Waals surface area contributed by atoms with Crippen LogP contribution in [0.1, 0.15) is 6.92 Å². The highest BCUT2D eigenvalue weighted by molar-refractivity contribution is 9.10. The van der Waals surface area contributed by atoms with E-state index in [0.29, 0.717) is 0 Å². The van der Waals surface area contributed by atoms with Crippen molar-refractivity contribution in [2.45, 2.75) is 19.5 Å². The van der Waals surface area contributed by atoms with Gasteiger partial charge in [-0.25, -0.2) is 0 Å². The molecule has 1 aromatic rings. The number of hydrogen-bond acceptors (Lipinski definition) is 3. The van der Waals surface area contributed by atoms with Crippen molar-refractivity contribution in [3.63, 3.8) is 0 Å². The third-order valence-corrected chi connectivity index (χ3v) is 2.41. The summed E-state index contributed by atoms with van der Waals surface area (Å²) in [7, 11) is 0. The Kier molecular flexibility index (Phi) is 4.70. The summed E-state index contributed by atoms with van der Waals surface area (Å²) in [4.78, 5) is 22.8. The van der Waals surface area contributed by atoms with Gasteiger partial charge in [0.05, 0.1) is 6.61 Å². The van der Waals surface area contributed by atoms with Crippen LogP contribution in [0.2, 0.25) is 0 Å². The number of hydrogen-bond donors (Lipinski definition) is 2. The molecule has 0 fully saturated rings. The Hall–Kier alpha value is -1.14. The lowest BCUT2D eigenvalue weighted by Crippen LogP contribution is -2.38. The predicted octanol–water partition coefficient (Wildman–Crippen LogP) is 0.108. The fourth-order valence-corrected chi connectivity index (χ4v) is 1.53. The van der Waals surface area contributed by atoms with Crippen LogP contribution in [0, 0.1) is 0 Å². The average molecular weight is 289 g/mol. The number of pyridine rings is 1. The molecule has 0 radical (unpaired) electrons. The number of carbonyl (C=O) groups is 1. The molecule has 0 unspecified atom stereocenters. The van der Waals surface area contributed by atoms with Gasteiger partial charge in [-0.3, -0.25) is 9.59 Å². The molecule has 0 saturated carbocycles. The van der Waals surface area contributed by atoms with E-state index in [1.165, 1.54) is 10.6 Å². The first-order valence-electron chi connectivity index (χ1n) is 4.79. The van der Waals surface area contributed by atoms with E-state index in [4.69, 9.17) is 5.11 Å². The van der Waals surface area contributed by atoms with E-state index in [2.05, 4.69) is 21.2 Å². The lowest BCUT2D eigenvalue weighted by atomic mass is 10.3. The van der Waals surface area contributed by atoms with E-state index in [-0.39, 0.29) is 30.7 Å². The zero-order chi connectivity index (χ0) is 12.1. The molecular formula is C10H13BrN2O3. The molecule has 0 aliphatic heterocycles. The molecule has 1 heterocycles. The van der Waals surface area contributed by atoms with Gasteiger partial charge in [0.25, 0.3) is 5.56 Å². The molecule has 1 atom stereocenters. The summed E-state index contributed by atoms with van der Waals surface area (Å²) in [5.74, 6) is -0.304. The Morgan fingerprint density at radius 2 is 2.31 bits per heavy atom. The molecule has 1 aromatic heterocycles. The van der Waals surface area contributed by atoms with Crippen LogP contribution in [0.4, 0.5) is 0 Å². The van der Waals surface area contributed by atoms with Crippen molar-refractivity contribution >= 4 is 21.8 Å². The molecule has 16 heavy (non-hydrogen) atoms. The van der Waals surface area contributed by atoms with Crippen molar-refractivity contribution in [1.82, 2.24) is 9.88 Å². The van der Waals surface area contributed by atoms with Crippen molar-refractivity contribution in [1.29, 1.82) is 0 Å². The maximum absolute atomic E-state index is 11.4. The van der Waals surface area contributed by atoms with Gasteiger partial charge < -0.3 is 15.0 Å². The quantitative estimate of drug-likeness (QED) is 0.826. The Balaban J connectivity index is 2.69. The van der Waals surface area contributed by atoms with Crippen LogP contribution in [-0.4, -0.2) is 28.2 Å². The molecule has 0 aromatic carbocycles. The van der Waals surface area contributed by atoms with Gasteiger partial charge >= 0.3 is 0 Å². The summed E-state index contributed by atoms with van der Waals surface area (Å²) in [5, 5.41) is 11.3. The van der Waals surface area contributed by atoms with Crippen LogP contribution in [0.5, 0.6) is 0 Å². The fraction of sp³-hybridized carbons (Fsp3) is 0.400. The van der Waals surface area contributed by atoms with Crippen LogP contribution < -0.4 is 10.9 Å². The Bertz CT molecular complexity index is 430. The number of nitrogens with zero attached hydrogens (tertiary/aromatic N) is 1. The van der Waals surface area contributed by atoms with E-state index in [0.717, 1.165) is 4.47 Å². The maximum Gasteiger partial charge on any atom is 0.251 e. The second-order valence-corrected chi connectivity index (χ2v) is 4.38. The monoisotopic (exact) mass is 288 g/mol. The molecule has 0 aliphatic carbocycles. The van der Waals surface area contributed by atoms with Crippen molar-refractivity contribution in [3.05, 3.63) is 33.2 Å². The van der Waals surface area contributed by atoms with Gasteiger partial charge in [0, 0.05) is 22.8 Å². The summed E-state index contributed by atoms with van der Waals surface area (Å²) < 4.78 is 2.03. The van der Waals surface area contributed by atoms with Gasteiger partial charge in [-0.1, -0.05) is 0 Å². The Labute approximate surface area is 101 Å². The van der Waals surface area contributed by atoms with Crippen LogP contribution in [0.3, 0.4) is 0 Å². The van der Waals surface area contributed by atoms with Gasteiger partial charge in [0.15, 0.2) is 0 Å². The minimum absolute atomic E-state index is 0.0530. The minimum Gasteiger partial charge on any atom is -0.394 e. The number of aliphatic hydroxyl groups is 1. The number of rotatable bonds is 4. The number of carbonyl (C=O) groups excluding carboxylic acids is 1. The van der Waals surface area contributed by atoms with Gasteiger partial charge in [-0.05, 0) is 28.9 Å². The summed E-state index contributed by atoms with van der Waals surface area (Å²) in [6.07, 6.45) is 1.55. The molecule has 88 valence electrons. The largest absolute Gasteiger partial charge is 0.394 e. The normalized spacial score (nSPS) is 12.2. The molecular weight excluding hydrogens is 276 g/mol. The fourth-order valence-electron chi connectivity index (χ4n) is 1.15. The minimum atomic E-state index is -0.310. The first-order valence-corrected chi connectivity index (χ1v) is 5.58. The second kappa shape index (κ2) is 5.81. The summed E-state index contributed by atoms with van der Waals surface area (Å²) in [6, 6.07) is 2.69. The van der Waals surface area contributed by atoms with Crippen LogP contribution in [-0.2, 0) is 11.3 Å². The zero-order valence-corrected chi connectivity index (χ0v) is 10.4. The highest BCUT2D eigenvalue weighted by Gasteiger charge is 2.07. The third kappa shape index (κ3) is 3.79. The number of aliphatic hydroxyl groups excluding tert-OH is 1. The van der Waals surface area contributed by atoms with E-state index < -0.39 is 0 Å². The summed E-state index contributed by atoms with van der Waals surface area (Å²) >= 11 is 3.22. The second-order valence-electron chi connectivity index (χ2n) is 3.46. The van der Waals surface area contributed by atoms with Gasteiger partial charge in [0.2, 0.25) is 5.91 Å². The molecule has 5 nitrogen and oxygen atoms in total. The van der Waals surface area contributed by atoms with E-state index in [1.54, 1.807) is 19.2 Å². The molecule has 0 bridgehead atoms. The predicted molar refractivity (Wildman–Crippen MR) is 63.1 cm³/mol. The molecule has 6 heteroatoms. The third-order valence-electron chi connectivity index (χ3n) is 1.94. The summed E-state index contributed by atoms with van der Waals surface area (Å²) in [6.45, 7) is 1.50. The molecule has 1 amide bonds. The molecule has 0 aliphatic rings. The van der Waals surface area contributed by atoms with Crippen molar-refractivity contribution in [2.24, 2.45) is 0 Å². The number of nitrogens with one attached hydrogen (secondary N) is 1. The number of halogens is 1. The van der Waals surface area contributed by atoms with Crippen LogP contribution >= 0.6 is 15.9 Å². The van der Waals surface area contributed by atoms with Gasteiger partial charge in [-0.2, -0.15) is 0 Å². The van der Waals surface area contributed by atoms with Crippen molar-refractivity contribution < 1.29 is 9.90 Å². The molecule has 0 spiro atoms. The SMILES string of the molecule is C[C@@H](CO)NC(=O)Cn1cc(Br)ccc1=O. The summed E-state index contributed by atoms with van der Waals surface area (Å²) in [5.41, 5.74) is -0.241. The number of aromatic nitrogens is 1. The van der Waals surface area contributed by atoms with Crippen LogP contribution in [0.15, 0.2) is 27.6 Å². The van der Waals surface area contributed by atoms with Gasteiger partial charge in [0.1, 0.15) is 6.54 Å². The lowest BCUT2D eigenvalue weighted by Gasteiger charge is -2.11.